The van der Waals surface area contributed by atoms with E-state index in [0.717, 1.165) is 10.9 Å². The standard InChI is InChI=1S/C10H8F2N4O2/c11-8(12)4-7-6(9(17)18)5-16(15-7)10-13-2-1-3-14-10/h1-3,5,8H,4H2,(H,17,18). The number of carboxylic acid groups (broad SMARTS) is 1. The van der Waals surface area contributed by atoms with Crippen LogP contribution < -0.4 is 0 Å². The normalized spacial score (nSPS) is 10.8. The molecule has 0 fully saturated rings. The summed E-state index contributed by atoms with van der Waals surface area (Å²) in [5, 5.41) is 12.7. The van der Waals surface area contributed by atoms with Crippen LogP contribution in [-0.4, -0.2) is 37.2 Å². The second kappa shape index (κ2) is 4.86. The third-order valence-electron chi connectivity index (χ3n) is 2.13. The summed E-state index contributed by atoms with van der Waals surface area (Å²) < 4.78 is 25.7. The number of alkyl halides is 2. The van der Waals surface area contributed by atoms with Crippen molar-refractivity contribution in [3.63, 3.8) is 0 Å². The summed E-state index contributed by atoms with van der Waals surface area (Å²) in [6.07, 6.45) is 0.619. The zero-order chi connectivity index (χ0) is 13.1. The third-order valence-corrected chi connectivity index (χ3v) is 2.13. The zero-order valence-electron chi connectivity index (χ0n) is 8.99. The van der Waals surface area contributed by atoms with Gasteiger partial charge in [0, 0.05) is 18.6 Å². The van der Waals surface area contributed by atoms with E-state index in [-0.39, 0.29) is 17.2 Å². The lowest BCUT2D eigenvalue weighted by molar-refractivity contribution is 0.0694. The van der Waals surface area contributed by atoms with E-state index in [1.54, 1.807) is 6.07 Å². The number of aromatic carboxylic acids is 1. The lowest BCUT2D eigenvalue weighted by Gasteiger charge is -1.97. The first kappa shape index (κ1) is 12.1. The Balaban J connectivity index is 2.42. The predicted octanol–water partition coefficient (Wildman–Crippen LogP) is 1.17. The molecule has 0 aliphatic carbocycles. The second-order valence-corrected chi connectivity index (χ2v) is 3.38. The topological polar surface area (TPSA) is 80.9 Å². The van der Waals surface area contributed by atoms with Crippen molar-refractivity contribution in [3.8, 4) is 5.95 Å². The number of carboxylic acids is 1. The summed E-state index contributed by atoms with van der Waals surface area (Å²) in [6.45, 7) is 0. The molecule has 0 aliphatic rings. The van der Waals surface area contributed by atoms with Gasteiger partial charge in [0.2, 0.25) is 12.4 Å². The van der Waals surface area contributed by atoms with E-state index in [2.05, 4.69) is 15.1 Å². The van der Waals surface area contributed by atoms with Gasteiger partial charge in [-0.05, 0) is 6.07 Å². The van der Waals surface area contributed by atoms with Crippen molar-refractivity contribution in [2.75, 3.05) is 0 Å². The molecule has 0 bridgehead atoms. The number of hydrogen-bond donors (Lipinski definition) is 1. The summed E-state index contributed by atoms with van der Waals surface area (Å²) >= 11 is 0. The maximum absolute atomic E-state index is 12.3. The minimum Gasteiger partial charge on any atom is -0.478 e. The monoisotopic (exact) mass is 254 g/mol. The van der Waals surface area contributed by atoms with Gasteiger partial charge < -0.3 is 5.11 Å². The molecule has 0 unspecified atom stereocenters. The Morgan fingerprint density at radius 1 is 1.39 bits per heavy atom. The average molecular weight is 254 g/mol. The van der Waals surface area contributed by atoms with Crippen molar-refractivity contribution in [3.05, 3.63) is 35.9 Å². The van der Waals surface area contributed by atoms with Crippen molar-refractivity contribution in [2.24, 2.45) is 0 Å². The van der Waals surface area contributed by atoms with Gasteiger partial charge in [-0.15, -0.1) is 0 Å². The van der Waals surface area contributed by atoms with Gasteiger partial charge in [0.05, 0.1) is 12.1 Å². The van der Waals surface area contributed by atoms with Crippen LogP contribution in [-0.2, 0) is 6.42 Å². The lowest BCUT2D eigenvalue weighted by atomic mass is 10.2. The minimum absolute atomic E-state index is 0.125. The first-order chi connectivity index (χ1) is 8.58. The molecule has 2 aromatic rings. The molecule has 0 amide bonds. The van der Waals surface area contributed by atoms with Crippen molar-refractivity contribution >= 4 is 5.97 Å². The molecule has 0 saturated heterocycles. The maximum atomic E-state index is 12.3. The van der Waals surface area contributed by atoms with Gasteiger partial charge in [0.25, 0.3) is 0 Å². The van der Waals surface area contributed by atoms with Gasteiger partial charge in [-0.2, -0.15) is 5.10 Å². The van der Waals surface area contributed by atoms with Crippen LogP contribution >= 0.6 is 0 Å². The summed E-state index contributed by atoms with van der Waals surface area (Å²) in [5.74, 6) is -1.19. The molecule has 6 nitrogen and oxygen atoms in total. The number of carbonyl (C=O) groups is 1. The Morgan fingerprint density at radius 2 is 2.06 bits per heavy atom. The second-order valence-electron chi connectivity index (χ2n) is 3.38. The molecule has 0 atom stereocenters. The van der Waals surface area contributed by atoms with Crippen molar-refractivity contribution in [1.82, 2.24) is 19.7 Å². The molecule has 2 aromatic heterocycles. The Morgan fingerprint density at radius 3 is 2.61 bits per heavy atom. The van der Waals surface area contributed by atoms with E-state index in [0.29, 0.717) is 0 Å². The summed E-state index contributed by atoms with van der Waals surface area (Å²) in [4.78, 5) is 18.6. The van der Waals surface area contributed by atoms with Crippen LogP contribution in [0.15, 0.2) is 24.7 Å². The SMILES string of the molecule is O=C(O)c1cn(-c2ncccn2)nc1CC(F)F. The van der Waals surface area contributed by atoms with Crippen LogP contribution in [0.5, 0.6) is 0 Å². The molecule has 8 heteroatoms. The van der Waals surface area contributed by atoms with Crippen LogP contribution in [0, 0.1) is 0 Å². The van der Waals surface area contributed by atoms with Crippen LogP contribution in [0.2, 0.25) is 0 Å². The van der Waals surface area contributed by atoms with Crippen molar-refractivity contribution in [2.45, 2.75) is 12.8 Å². The average Bonchev–Trinajstić information content (AvgIpc) is 2.73. The van der Waals surface area contributed by atoms with E-state index in [1.807, 2.05) is 0 Å². The van der Waals surface area contributed by atoms with Gasteiger partial charge >= 0.3 is 5.97 Å². The number of halogens is 2. The molecule has 2 heterocycles. The van der Waals surface area contributed by atoms with Crippen molar-refractivity contribution < 1.29 is 18.7 Å². The molecule has 94 valence electrons. The van der Waals surface area contributed by atoms with Crippen LogP contribution in [0.25, 0.3) is 5.95 Å². The fourth-order valence-corrected chi connectivity index (χ4v) is 1.40. The van der Waals surface area contributed by atoms with E-state index in [9.17, 15) is 13.6 Å². The van der Waals surface area contributed by atoms with Gasteiger partial charge in [-0.3, -0.25) is 0 Å². The summed E-state index contributed by atoms with van der Waals surface area (Å²) in [7, 11) is 0. The molecule has 0 spiro atoms. The van der Waals surface area contributed by atoms with Crippen LogP contribution in [0.1, 0.15) is 16.1 Å². The lowest BCUT2D eigenvalue weighted by Crippen LogP contribution is -2.05. The number of nitrogens with zero attached hydrogens (tertiary/aromatic N) is 4. The molecule has 0 aromatic carbocycles. The number of hydrogen-bond acceptors (Lipinski definition) is 4. The van der Waals surface area contributed by atoms with E-state index in [4.69, 9.17) is 5.11 Å². The molecular weight excluding hydrogens is 246 g/mol. The largest absolute Gasteiger partial charge is 0.478 e. The fourth-order valence-electron chi connectivity index (χ4n) is 1.40. The third kappa shape index (κ3) is 2.47. The van der Waals surface area contributed by atoms with Gasteiger partial charge in [0.15, 0.2) is 0 Å². The van der Waals surface area contributed by atoms with E-state index in [1.165, 1.54) is 12.4 Å². The molecule has 18 heavy (non-hydrogen) atoms. The van der Waals surface area contributed by atoms with Crippen LogP contribution in [0.3, 0.4) is 0 Å². The highest BCUT2D eigenvalue weighted by Crippen LogP contribution is 2.13. The first-order valence-electron chi connectivity index (χ1n) is 4.95. The van der Waals surface area contributed by atoms with Crippen LogP contribution in [0.4, 0.5) is 8.78 Å². The maximum Gasteiger partial charge on any atom is 0.339 e. The van der Waals surface area contributed by atoms with Gasteiger partial charge in [0.1, 0.15) is 5.56 Å². The quantitative estimate of drug-likeness (QED) is 0.885. The summed E-state index contributed by atoms with van der Waals surface area (Å²) in [5.41, 5.74) is -0.465. The smallest absolute Gasteiger partial charge is 0.339 e. The Hall–Kier alpha value is -2.38. The zero-order valence-corrected chi connectivity index (χ0v) is 8.99. The molecule has 0 aliphatic heterocycles. The highest BCUT2D eigenvalue weighted by molar-refractivity contribution is 5.88. The minimum atomic E-state index is -2.66. The molecular formula is C10H8F2N4O2. The number of aromatic nitrogens is 4. The Labute approximate surface area is 99.9 Å². The Bertz CT molecular complexity index is 556. The van der Waals surface area contributed by atoms with E-state index >= 15 is 0 Å². The molecule has 2 rings (SSSR count). The highest BCUT2D eigenvalue weighted by atomic mass is 19.3. The first-order valence-corrected chi connectivity index (χ1v) is 4.95. The molecule has 0 radical (unpaired) electrons. The molecule has 1 N–H and O–H groups in total. The highest BCUT2D eigenvalue weighted by Gasteiger charge is 2.19. The van der Waals surface area contributed by atoms with Crippen molar-refractivity contribution in [1.29, 1.82) is 0 Å². The van der Waals surface area contributed by atoms with E-state index < -0.39 is 18.8 Å². The predicted molar refractivity (Wildman–Crippen MR) is 55.8 cm³/mol. The van der Waals surface area contributed by atoms with Gasteiger partial charge in [-0.25, -0.2) is 28.2 Å². The Kier molecular flexibility index (Phi) is 3.26. The molecule has 0 saturated carbocycles. The summed E-state index contributed by atoms with van der Waals surface area (Å²) in [6, 6.07) is 1.57. The van der Waals surface area contributed by atoms with Gasteiger partial charge in [-0.1, -0.05) is 0 Å². The number of rotatable bonds is 4. The fraction of sp³-hybridized carbons (Fsp3) is 0.200.